The Hall–Kier alpha value is -0.750. The summed E-state index contributed by atoms with van der Waals surface area (Å²) in [4.78, 5) is 16.5. The van der Waals surface area contributed by atoms with Crippen molar-refractivity contribution in [1.29, 1.82) is 0 Å². The molecule has 1 atom stereocenters. The van der Waals surface area contributed by atoms with Crippen molar-refractivity contribution in [3.8, 4) is 0 Å². The maximum Gasteiger partial charge on any atom is 0.413 e. The molecule has 1 rings (SSSR count). The molecule has 1 aliphatic heterocycles. The predicted octanol–water partition coefficient (Wildman–Crippen LogP) is 1.23. The highest BCUT2D eigenvalue weighted by Gasteiger charge is 2.34. The van der Waals surface area contributed by atoms with Crippen LogP contribution >= 0.6 is 11.8 Å². The van der Waals surface area contributed by atoms with Crippen LogP contribution in [0.25, 0.3) is 0 Å². The molecule has 0 saturated carbocycles. The zero-order valence-electron chi connectivity index (χ0n) is 9.10. The first-order chi connectivity index (χ1) is 6.86. The fraction of sp³-hybridized carbons (Fsp3) is 0.778. The number of carbonyl (C=O) groups is 1. The molecular formula is C9H16N2O3S. The summed E-state index contributed by atoms with van der Waals surface area (Å²) in [6.45, 7) is 5.41. The van der Waals surface area contributed by atoms with Gasteiger partial charge in [0.15, 0.2) is 5.17 Å². The predicted molar refractivity (Wildman–Crippen MR) is 60.4 cm³/mol. The van der Waals surface area contributed by atoms with E-state index in [0.29, 0.717) is 10.9 Å². The van der Waals surface area contributed by atoms with Gasteiger partial charge in [0.05, 0.1) is 12.6 Å². The standard InChI is InChI=1S/C9H16N2O3S/c1-9(2,3)11(8(13)14)7-10-6(4-12)5-15-7/h6,12H,4-5H2,1-3H3,(H,13,14). The molecule has 0 fully saturated rings. The number of thioether (sulfide) groups is 1. The Morgan fingerprint density at radius 3 is 2.60 bits per heavy atom. The van der Waals surface area contributed by atoms with Crippen LogP contribution in [0.1, 0.15) is 20.8 Å². The smallest absolute Gasteiger partial charge is 0.413 e. The fourth-order valence-corrected chi connectivity index (χ4v) is 2.50. The van der Waals surface area contributed by atoms with Crippen LogP contribution < -0.4 is 0 Å². The number of aliphatic hydroxyl groups is 1. The Kier molecular flexibility index (Phi) is 3.62. The maximum atomic E-state index is 11.1. The summed E-state index contributed by atoms with van der Waals surface area (Å²) in [5.41, 5.74) is -0.512. The zero-order chi connectivity index (χ0) is 11.6. The SMILES string of the molecule is CC(C)(C)N(C(=O)O)C1=NC(CO)CS1. The normalized spacial score (nSPS) is 21.3. The Bertz CT molecular complexity index is 286. The molecule has 0 radical (unpaired) electrons. The molecule has 0 saturated heterocycles. The first-order valence-electron chi connectivity index (χ1n) is 4.71. The highest BCUT2D eigenvalue weighted by atomic mass is 32.2. The van der Waals surface area contributed by atoms with Crippen molar-refractivity contribution in [3.05, 3.63) is 0 Å². The molecule has 2 N–H and O–H groups in total. The van der Waals surface area contributed by atoms with Gasteiger partial charge in [0.25, 0.3) is 0 Å². The van der Waals surface area contributed by atoms with E-state index in [9.17, 15) is 4.79 Å². The zero-order valence-corrected chi connectivity index (χ0v) is 9.91. The van der Waals surface area contributed by atoms with Crippen LogP contribution in [0.2, 0.25) is 0 Å². The van der Waals surface area contributed by atoms with Crippen LogP contribution in [0.3, 0.4) is 0 Å². The van der Waals surface area contributed by atoms with E-state index in [1.165, 1.54) is 16.7 Å². The van der Waals surface area contributed by atoms with Gasteiger partial charge in [-0.15, -0.1) is 0 Å². The van der Waals surface area contributed by atoms with Gasteiger partial charge in [-0.05, 0) is 20.8 Å². The third-order valence-electron chi connectivity index (χ3n) is 1.96. The van der Waals surface area contributed by atoms with E-state index in [4.69, 9.17) is 10.2 Å². The first kappa shape index (κ1) is 12.3. The molecule has 0 aromatic rings. The van der Waals surface area contributed by atoms with Gasteiger partial charge in [-0.2, -0.15) is 0 Å². The average molecular weight is 232 g/mol. The fourth-order valence-electron chi connectivity index (χ4n) is 1.27. The lowest BCUT2D eigenvalue weighted by Gasteiger charge is -2.32. The Labute approximate surface area is 93.2 Å². The minimum atomic E-state index is -1.01. The van der Waals surface area contributed by atoms with Crippen LogP contribution in [-0.4, -0.2) is 50.3 Å². The first-order valence-corrected chi connectivity index (χ1v) is 5.69. The lowest BCUT2D eigenvalue weighted by molar-refractivity contribution is 0.142. The van der Waals surface area contributed by atoms with Crippen LogP contribution in [0.15, 0.2) is 4.99 Å². The summed E-state index contributed by atoms with van der Waals surface area (Å²) in [5, 5.41) is 18.5. The monoisotopic (exact) mass is 232 g/mol. The van der Waals surface area contributed by atoms with E-state index in [1.54, 1.807) is 0 Å². The number of nitrogens with zero attached hydrogens (tertiary/aromatic N) is 2. The minimum absolute atomic E-state index is 0.0336. The molecule has 1 unspecified atom stereocenters. The molecule has 0 aromatic carbocycles. The number of rotatable bonds is 1. The van der Waals surface area contributed by atoms with Gasteiger partial charge in [0.1, 0.15) is 0 Å². The molecule has 1 aliphatic rings. The van der Waals surface area contributed by atoms with Crippen LogP contribution in [0.5, 0.6) is 0 Å². The summed E-state index contributed by atoms with van der Waals surface area (Å²) in [7, 11) is 0. The number of amidine groups is 1. The van der Waals surface area contributed by atoms with Crippen molar-refractivity contribution in [2.45, 2.75) is 32.4 Å². The number of aliphatic imine (C=N–C) groups is 1. The van der Waals surface area contributed by atoms with Gasteiger partial charge in [0, 0.05) is 11.3 Å². The van der Waals surface area contributed by atoms with Crippen LogP contribution in [0, 0.1) is 0 Å². The summed E-state index contributed by atoms with van der Waals surface area (Å²) < 4.78 is 0. The van der Waals surface area contributed by atoms with E-state index >= 15 is 0 Å². The quantitative estimate of drug-likeness (QED) is 0.713. The maximum absolute atomic E-state index is 11.1. The van der Waals surface area contributed by atoms with Gasteiger partial charge in [-0.25, -0.2) is 4.79 Å². The number of amides is 1. The van der Waals surface area contributed by atoms with Gasteiger partial charge in [-0.3, -0.25) is 9.89 Å². The molecule has 0 aliphatic carbocycles. The van der Waals surface area contributed by atoms with Crippen molar-refractivity contribution in [1.82, 2.24) is 4.90 Å². The second-order valence-corrected chi connectivity index (χ2v) is 5.34. The topological polar surface area (TPSA) is 73.1 Å². The number of aliphatic hydroxyl groups excluding tert-OH is 1. The van der Waals surface area contributed by atoms with Crippen molar-refractivity contribution in [2.24, 2.45) is 4.99 Å². The van der Waals surface area contributed by atoms with Crippen LogP contribution in [-0.2, 0) is 0 Å². The van der Waals surface area contributed by atoms with Crippen molar-refractivity contribution in [3.63, 3.8) is 0 Å². The lowest BCUT2D eigenvalue weighted by Crippen LogP contribution is -2.47. The molecule has 15 heavy (non-hydrogen) atoms. The van der Waals surface area contributed by atoms with E-state index < -0.39 is 11.6 Å². The Balaban J connectivity index is 2.88. The summed E-state index contributed by atoms with van der Waals surface area (Å²) in [6.07, 6.45) is -1.01. The molecule has 0 bridgehead atoms. The molecule has 0 aromatic heterocycles. The van der Waals surface area contributed by atoms with Crippen LogP contribution in [0.4, 0.5) is 4.79 Å². The van der Waals surface area contributed by atoms with Gasteiger partial charge < -0.3 is 10.2 Å². The lowest BCUT2D eigenvalue weighted by atomic mass is 10.1. The second-order valence-electron chi connectivity index (χ2n) is 4.35. The van der Waals surface area contributed by atoms with E-state index in [1.807, 2.05) is 20.8 Å². The number of hydrogen-bond acceptors (Lipinski definition) is 4. The van der Waals surface area contributed by atoms with E-state index in [2.05, 4.69) is 4.99 Å². The van der Waals surface area contributed by atoms with E-state index in [0.717, 1.165) is 0 Å². The summed E-state index contributed by atoms with van der Waals surface area (Å²) >= 11 is 1.37. The molecule has 1 heterocycles. The Morgan fingerprint density at radius 2 is 2.27 bits per heavy atom. The molecule has 6 heteroatoms. The average Bonchev–Trinajstić information content (AvgIpc) is 2.49. The largest absolute Gasteiger partial charge is 0.465 e. The highest BCUT2D eigenvalue weighted by molar-refractivity contribution is 8.14. The molecule has 1 amide bonds. The summed E-state index contributed by atoms with van der Waals surface area (Å²) in [5.74, 6) is 0.645. The number of carboxylic acid groups (broad SMARTS) is 1. The van der Waals surface area contributed by atoms with E-state index in [-0.39, 0.29) is 12.6 Å². The second kappa shape index (κ2) is 4.40. The van der Waals surface area contributed by atoms with Crippen molar-refractivity contribution in [2.75, 3.05) is 12.4 Å². The van der Waals surface area contributed by atoms with Crippen molar-refractivity contribution < 1.29 is 15.0 Å². The third-order valence-corrected chi connectivity index (χ3v) is 3.06. The third kappa shape index (κ3) is 2.85. The molecule has 86 valence electrons. The highest BCUT2D eigenvalue weighted by Crippen LogP contribution is 2.26. The molecular weight excluding hydrogens is 216 g/mol. The minimum Gasteiger partial charge on any atom is -0.465 e. The molecule has 0 spiro atoms. The Morgan fingerprint density at radius 1 is 1.67 bits per heavy atom. The summed E-state index contributed by atoms with van der Waals surface area (Å²) in [6, 6.07) is -0.172. The molecule has 5 nitrogen and oxygen atoms in total. The van der Waals surface area contributed by atoms with Crippen molar-refractivity contribution >= 4 is 23.0 Å². The van der Waals surface area contributed by atoms with Gasteiger partial charge in [0.2, 0.25) is 0 Å². The van der Waals surface area contributed by atoms with Gasteiger partial charge >= 0.3 is 6.09 Å². The number of hydrogen-bond donors (Lipinski definition) is 2. The van der Waals surface area contributed by atoms with Gasteiger partial charge in [-0.1, -0.05) is 11.8 Å².